The summed E-state index contributed by atoms with van der Waals surface area (Å²) in [5.74, 6) is -2.21. The minimum atomic E-state index is -3.93. The molecule has 142 valence electrons. The van der Waals surface area contributed by atoms with Crippen LogP contribution in [0.5, 0.6) is 0 Å². The summed E-state index contributed by atoms with van der Waals surface area (Å²) >= 11 is 0. The number of hydrogen-bond acceptors (Lipinski definition) is 5. The molecule has 1 aromatic carbocycles. The number of hydrogen-bond donors (Lipinski definition) is 3. The van der Waals surface area contributed by atoms with E-state index in [1.807, 2.05) is 0 Å². The van der Waals surface area contributed by atoms with Crippen LogP contribution in [-0.2, 0) is 19.6 Å². The first-order valence-electron chi connectivity index (χ1n) is 8.16. The van der Waals surface area contributed by atoms with Gasteiger partial charge in [-0.05, 0) is 24.6 Å². The van der Waals surface area contributed by atoms with Gasteiger partial charge in [-0.2, -0.15) is 4.31 Å². The molecule has 1 atom stereocenters. The minimum Gasteiger partial charge on any atom is -0.480 e. The number of carboxylic acid groups (broad SMARTS) is 1. The number of carbonyl (C=O) groups excluding carboxylic acids is 2. The van der Waals surface area contributed by atoms with Gasteiger partial charge in [0.1, 0.15) is 6.04 Å². The number of piperazine rings is 1. The number of benzene rings is 1. The van der Waals surface area contributed by atoms with Gasteiger partial charge in [-0.1, -0.05) is 19.4 Å². The van der Waals surface area contributed by atoms with Gasteiger partial charge in [0.05, 0.1) is 11.4 Å². The van der Waals surface area contributed by atoms with Crippen molar-refractivity contribution in [1.29, 1.82) is 0 Å². The monoisotopic (exact) mass is 383 g/mol. The Labute approximate surface area is 151 Å². The van der Waals surface area contributed by atoms with Crippen LogP contribution in [0, 0.1) is 0 Å². The summed E-state index contributed by atoms with van der Waals surface area (Å²) in [5, 5.41) is 14.1. The second-order valence-corrected chi connectivity index (χ2v) is 7.81. The largest absolute Gasteiger partial charge is 0.480 e. The highest BCUT2D eigenvalue weighted by Crippen LogP contribution is 2.18. The molecule has 0 aliphatic carbocycles. The predicted molar refractivity (Wildman–Crippen MR) is 92.0 cm³/mol. The maximum absolute atomic E-state index is 12.7. The molecule has 1 saturated heterocycles. The summed E-state index contributed by atoms with van der Waals surface area (Å²) in [5.41, 5.74) is 0.0369. The smallest absolute Gasteiger partial charge is 0.326 e. The van der Waals surface area contributed by atoms with E-state index in [2.05, 4.69) is 10.6 Å². The predicted octanol–water partition coefficient (Wildman–Crippen LogP) is -0.210. The van der Waals surface area contributed by atoms with E-state index in [9.17, 15) is 22.8 Å². The van der Waals surface area contributed by atoms with Crippen LogP contribution in [0.1, 0.15) is 30.1 Å². The molecular formula is C16H21N3O6S. The lowest BCUT2D eigenvalue weighted by Gasteiger charge is -2.26. The topological polar surface area (TPSA) is 133 Å². The fraction of sp³-hybridized carbons (Fsp3) is 0.438. The Morgan fingerprint density at radius 2 is 2.12 bits per heavy atom. The number of carboxylic acids is 1. The molecule has 0 aromatic heterocycles. The molecule has 0 bridgehead atoms. The van der Waals surface area contributed by atoms with Gasteiger partial charge in [0.15, 0.2) is 0 Å². The van der Waals surface area contributed by atoms with Crippen LogP contribution in [0.25, 0.3) is 0 Å². The van der Waals surface area contributed by atoms with E-state index in [4.69, 9.17) is 5.11 Å². The van der Waals surface area contributed by atoms with Crippen molar-refractivity contribution >= 4 is 27.8 Å². The van der Waals surface area contributed by atoms with E-state index < -0.39 is 33.8 Å². The van der Waals surface area contributed by atoms with Crippen LogP contribution >= 0.6 is 0 Å². The molecule has 2 amide bonds. The third-order valence-corrected chi connectivity index (χ3v) is 5.76. The van der Waals surface area contributed by atoms with Crippen molar-refractivity contribution in [2.45, 2.75) is 30.7 Å². The van der Waals surface area contributed by atoms with Gasteiger partial charge in [-0.15, -0.1) is 0 Å². The molecule has 1 heterocycles. The molecule has 2 rings (SSSR count). The van der Waals surface area contributed by atoms with Crippen LogP contribution < -0.4 is 10.6 Å². The molecule has 1 aliphatic heterocycles. The Balaban J connectivity index is 2.22. The lowest BCUT2D eigenvalue weighted by Crippen LogP contribution is -2.49. The molecule has 0 saturated carbocycles. The van der Waals surface area contributed by atoms with Crippen molar-refractivity contribution in [1.82, 2.24) is 14.9 Å². The first-order valence-corrected chi connectivity index (χ1v) is 9.60. The molecule has 10 heteroatoms. The summed E-state index contributed by atoms with van der Waals surface area (Å²) < 4.78 is 26.4. The first-order chi connectivity index (χ1) is 12.3. The molecule has 1 fully saturated rings. The molecule has 0 spiro atoms. The zero-order valence-corrected chi connectivity index (χ0v) is 15.1. The van der Waals surface area contributed by atoms with Crippen molar-refractivity contribution in [3.05, 3.63) is 29.8 Å². The molecule has 3 N–H and O–H groups in total. The summed E-state index contributed by atoms with van der Waals surface area (Å²) in [6, 6.07) is 4.28. The number of amides is 2. The number of rotatable bonds is 7. The second kappa shape index (κ2) is 8.28. The lowest BCUT2D eigenvalue weighted by molar-refractivity contribution is -0.139. The van der Waals surface area contributed by atoms with Crippen molar-refractivity contribution in [3.8, 4) is 0 Å². The number of sulfonamides is 1. The summed E-state index contributed by atoms with van der Waals surface area (Å²) in [7, 11) is -3.93. The van der Waals surface area contributed by atoms with Crippen LogP contribution in [0.3, 0.4) is 0 Å². The van der Waals surface area contributed by atoms with Gasteiger partial charge >= 0.3 is 5.97 Å². The fourth-order valence-electron chi connectivity index (χ4n) is 2.55. The van der Waals surface area contributed by atoms with Gasteiger partial charge in [-0.25, -0.2) is 13.2 Å². The van der Waals surface area contributed by atoms with E-state index in [0.29, 0.717) is 6.42 Å². The standard InChI is InChI=1S/C16H21N3O6S/c1-2-4-13(16(22)23)18-15(21)11-5-3-6-12(9-11)26(24,25)19-8-7-17-14(20)10-19/h3,5-6,9,13H,2,4,7-8,10H2,1H3,(H,17,20)(H,18,21)(H,22,23). The Hall–Kier alpha value is -2.46. The second-order valence-electron chi connectivity index (χ2n) is 5.87. The van der Waals surface area contributed by atoms with Crippen LogP contribution in [-0.4, -0.2) is 61.3 Å². The quantitative estimate of drug-likeness (QED) is 0.597. The number of nitrogens with zero attached hydrogens (tertiary/aromatic N) is 1. The third-order valence-electron chi connectivity index (χ3n) is 3.92. The summed E-state index contributed by atoms with van der Waals surface area (Å²) in [6.07, 6.45) is 0.838. The Morgan fingerprint density at radius 1 is 1.38 bits per heavy atom. The van der Waals surface area contributed by atoms with Crippen LogP contribution in [0.2, 0.25) is 0 Å². The Morgan fingerprint density at radius 3 is 2.73 bits per heavy atom. The van der Waals surface area contributed by atoms with Crippen LogP contribution in [0.15, 0.2) is 29.2 Å². The maximum atomic E-state index is 12.7. The zero-order valence-electron chi connectivity index (χ0n) is 14.3. The molecule has 26 heavy (non-hydrogen) atoms. The molecular weight excluding hydrogens is 362 g/mol. The van der Waals surface area contributed by atoms with Gasteiger partial charge in [0.2, 0.25) is 15.9 Å². The highest BCUT2D eigenvalue weighted by Gasteiger charge is 2.29. The zero-order chi connectivity index (χ0) is 19.3. The van der Waals surface area contributed by atoms with E-state index >= 15 is 0 Å². The van der Waals surface area contributed by atoms with E-state index in [1.165, 1.54) is 24.3 Å². The minimum absolute atomic E-state index is 0.0369. The van der Waals surface area contributed by atoms with Crippen molar-refractivity contribution in [3.63, 3.8) is 0 Å². The molecule has 0 radical (unpaired) electrons. The number of nitrogens with one attached hydrogen (secondary N) is 2. The average Bonchev–Trinajstić information content (AvgIpc) is 2.61. The average molecular weight is 383 g/mol. The normalized spacial score (nSPS) is 16.6. The fourth-order valence-corrected chi connectivity index (χ4v) is 4.00. The Bertz CT molecular complexity index is 808. The summed E-state index contributed by atoms with van der Waals surface area (Å²) in [6.45, 7) is 1.87. The van der Waals surface area contributed by atoms with Crippen molar-refractivity contribution in [2.75, 3.05) is 19.6 Å². The number of carbonyl (C=O) groups is 3. The molecule has 1 aromatic rings. The first kappa shape index (κ1) is 19.9. The van der Waals surface area contributed by atoms with Crippen molar-refractivity contribution < 1.29 is 27.9 Å². The Kier molecular flexibility index (Phi) is 6.32. The highest BCUT2D eigenvalue weighted by atomic mass is 32.2. The maximum Gasteiger partial charge on any atom is 0.326 e. The van der Waals surface area contributed by atoms with Gasteiger partial charge in [0, 0.05) is 18.7 Å². The van der Waals surface area contributed by atoms with E-state index in [1.54, 1.807) is 6.92 Å². The lowest BCUT2D eigenvalue weighted by atomic mass is 10.1. The van der Waals surface area contributed by atoms with Gasteiger partial charge < -0.3 is 15.7 Å². The highest BCUT2D eigenvalue weighted by molar-refractivity contribution is 7.89. The molecule has 9 nitrogen and oxygen atoms in total. The van der Waals surface area contributed by atoms with E-state index in [0.717, 1.165) is 4.31 Å². The van der Waals surface area contributed by atoms with Crippen molar-refractivity contribution in [2.24, 2.45) is 0 Å². The number of aliphatic carboxylic acids is 1. The van der Waals surface area contributed by atoms with Gasteiger partial charge in [-0.3, -0.25) is 9.59 Å². The van der Waals surface area contributed by atoms with Gasteiger partial charge in [0.25, 0.3) is 5.91 Å². The van der Waals surface area contributed by atoms with E-state index in [-0.39, 0.29) is 36.5 Å². The van der Waals surface area contributed by atoms with Crippen LogP contribution in [0.4, 0.5) is 0 Å². The summed E-state index contributed by atoms with van der Waals surface area (Å²) in [4.78, 5) is 34.8. The molecule has 1 aliphatic rings. The SMILES string of the molecule is CCCC(NC(=O)c1cccc(S(=O)(=O)N2CCNC(=O)C2)c1)C(=O)O. The third kappa shape index (κ3) is 4.58. The molecule has 1 unspecified atom stereocenters.